The van der Waals surface area contributed by atoms with Crippen molar-refractivity contribution >= 4 is 22.6 Å². The number of carbonyl (C=O) groups is 1. The molecule has 0 fully saturated rings. The van der Waals surface area contributed by atoms with Crippen LogP contribution in [0, 0.1) is 6.92 Å². The minimum atomic E-state index is -0.793. The Labute approximate surface area is 114 Å². The van der Waals surface area contributed by atoms with Crippen LogP contribution >= 0.6 is 11.5 Å². The fraction of sp³-hybridized carbons (Fsp3) is 0.308. The Kier molecular flexibility index (Phi) is 2.94. The van der Waals surface area contributed by atoms with Gasteiger partial charge in [0.15, 0.2) is 0 Å². The van der Waals surface area contributed by atoms with E-state index in [0.29, 0.717) is 13.1 Å². The van der Waals surface area contributed by atoms with Gasteiger partial charge in [-0.15, -0.1) is 0 Å². The lowest BCUT2D eigenvalue weighted by Crippen LogP contribution is -2.36. The molecule has 2 heterocycles. The fourth-order valence-corrected chi connectivity index (χ4v) is 3.06. The lowest BCUT2D eigenvalue weighted by Gasteiger charge is -2.32. The van der Waals surface area contributed by atoms with Crippen LogP contribution in [0.25, 0.3) is 0 Å². The number of hydrogen-bond acceptors (Lipinski definition) is 5. The minimum absolute atomic E-state index is 0.445. The Morgan fingerprint density at radius 1 is 1.47 bits per heavy atom. The number of fused-ring (bicyclic) bond motifs is 1. The molecule has 3 rings (SSSR count). The van der Waals surface area contributed by atoms with Crippen LogP contribution in [0.3, 0.4) is 0 Å². The molecule has 98 valence electrons. The highest BCUT2D eigenvalue weighted by molar-refractivity contribution is 7.09. The molecular weight excluding hydrogens is 262 g/mol. The summed E-state index contributed by atoms with van der Waals surface area (Å²) in [5.41, 5.74) is 1.96. The van der Waals surface area contributed by atoms with Gasteiger partial charge in [0, 0.05) is 24.6 Å². The van der Waals surface area contributed by atoms with Crippen LogP contribution in [-0.4, -0.2) is 27.0 Å². The summed E-state index contributed by atoms with van der Waals surface area (Å²) in [6.07, 6.45) is 0. The van der Waals surface area contributed by atoms with E-state index in [1.165, 1.54) is 11.5 Å². The molecule has 0 aliphatic carbocycles. The summed E-state index contributed by atoms with van der Waals surface area (Å²) in [5, 5.41) is 10.2. The SMILES string of the molecule is Cc1nsc(N2Cc3ccccc3C(C(=O)O)C2)n1. The van der Waals surface area contributed by atoms with Gasteiger partial charge in [-0.1, -0.05) is 24.3 Å². The number of nitrogens with zero attached hydrogens (tertiary/aromatic N) is 3. The van der Waals surface area contributed by atoms with Crippen molar-refractivity contribution in [2.24, 2.45) is 0 Å². The monoisotopic (exact) mass is 275 g/mol. The summed E-state index contributed by atoms with van der Waals surface area (Å²) in [5.74, 6) is -0.571. The molecule has 0 saturated heterocycles. The van der Waals surface area contributed by atoms with Gasteiger partial charge in [-0.25, -0.2) is 4.98 Å². The highest BCUT2D eigenvalue weighted by Gasteiger charge is 2.31. The maximum absolute atomic E-state index is 11.4. The largest absolute Gasteiger partial charge is 0.481 e. The number of rotatable bonds is 2. The molecule has 0 spiro atoms. The second kappa shape index (κ2) is 4.62. The molecule has 1 aromatic carbocycles. The molecule has 6 heteroatoms. The summed E-state index contributed by atoms with van der Waals surface area (Å²) in [6.45, 7) is 2.97. The first-order valence-corrected chi connectivity index (χ1v) is 6.78. The molecule has 0 bridgehead atoms. The first kappa shape index (κ1) is 12.1. The molecule has 1 unspecified atom stereocenters. The van der Waals surface area contributed by atoms with Gasteiger partial charge in [-0.3, -0.25) is 4.79 Å². The zero-order chi connectivity index (χ0) is 13.4. The quantitative estimate of drug-likeness (QED) is 0.908. The molecule has 1 aliphatic heterocycles. The number of aryl methyl sites for hydroxylation is 1. The lowest BCUT2D eigenvalue weighted by atomic mass is 9.90. The van der Waals surface area contributed by atoms with E-state index in [0.717, 1.165) is 22.1 Å². The number of aliphatic carboxylic acids is 1. The first-order valence-electron chi connectivity index (χ1n) is 6.01. The van der Waals surface area contributed by atoms with E-state index in [1.54, 1.807) is 0 Å². The molecule has 0 radical (unpaired) electrons. The van der Waals surface area contributed by atoms with E-state index < -0.39 is 11.9 Å². The minimum Gasteiger partial charge on any atom is -0.481 e. The molecule has 0 saturated carbocycles. The maximum atomic E-state index is 11.4. The lowest BCUT2D eigenvalue weighted by molar-refractivity contribution is -0.138. The zero-order valence-corrected chi connectivity index (χ0v) is 11.2. The van der Waals surface area contributed by atoms with Crippen molar-refractivity contribution in [3.05, 3.63) is 41.2 Å². The van der Waals surface area contributed by atoms with Crippen molar-refractivity contribution in [3.63, 3.8) is 0 Å². The van der Waals surface area contributed by atoms with Crippen molar-refractivity contribution in [1.82, 2.24) is 9.36 Å². The number of anilines is 1. The van der Waals surface area contributed by atoms with Crippen molar-refractivity contribution < 1.29 is 9.90 Å². The Bertz CT molecular complexity index is 626. The Morgan fingerprint density at radius 2 is 2.26 bits per heavy atom. The molecule has 19 heavy (non-hydrogen) atoms. The average Bonchev–Trinajstić information content (AvgIpc) is 2.84. The van der Waals surface area contributed by atoms with E-state index in [9.17, 15) is 9.90 Å². The predicted molar refractivity (Wildman–Crippen MR) is 72.5 cm³/mol. The Morgan fingerprint density at radius 3 is 2.95 bits per heavy atom. The molecule has 1 atom stereocenters. The average molecular weight is 275 g/mol. The number of hydrogen-bond donors (Lipinski definition) is 1. The van der Waals surface area contributed by atoms with Gasteiger partial charge in [0.2, 0.25) is 5.13 Å². The highest BCUT2D eigenvalue weighted by Crippen LogP contribution is 2.32. The van der Waals surface area contributed by atoms with Crippen LogP contribution in [0.15, 0.2) is 24.3 Å². The number of aromatic nitrogens is 2. The van der Waals surface area contributed by atoms with Gasteiger partial charge in [0.25, 0.3) is 0 Å². The Balaban J connectivity index is 1.99. The van der Waals surface area contributed by atoms with Crippen LogP contribution in [0.2, 0.25) is 0 Å². The smallest absolute Gasteiger partial charge is 0.312 e. The van der Waals surface area contributed by atoms with Gasteiger partial charge in [0.05, 0.1) is 5.92 Å². The summed E-state index contributed by atoms with van der Waals surface area (Å²) < 4.78 is 4.16. The molecule has 1 aliphatic rings. The predicted octanol–water partition coefficient (Wildman–Crippen LogP) is 2.03. The van der Waals surface area contributed by atoms with Crippen molar-refractivity contribution in [2.45, 2.75) is 19.4 Å². The number of benzene rings is 1. The molecule has 5 nitrogen and oxygen atoms in total. The van der Waals surface area contributed by atoms with Crippen LogP contribution in [-0.2, 0) is 11.3 Å². The number of carboxylic acid groups (broad SMARTS) is 1. The highest BCUT2D eigenvalue weighted by atomic mass is 32.1. The third-order valence-corrected chi connectivity index (χ3v) is 4.15. The van der Waals surface area contributed by atoms with Gasteiger partial charge in [0.1, 0.15) is 5.82 Å². The van der Waals surface area contributed by atoms with Crippen LogP contribution < -0.4 is 4.90 Å². The summed E-state index contributed by atoms with van der Waals surface area (Å²) in [4.78, 5) is 17.8. The first-order chi connectivity index (χ1) is 9.15. The molecule has 1 aromatic heterocycles. The summed E-state index contributed by atoms with van der Waals surface area (Å²) in [6, 6.07) is 7.70. The van der Waals surface area contributed by atoms with Gasteiger partial charge < -0.3 is 10.0 Å². The normalized spacial score (nSPS) is 18.2. The van der Waals surface area contributed by atoms with Crippen LogP contribution in [0.1, 0.15) is 22.9 Å². The maximum Gasteiger partial charge on any atom is 0.312 e. The summed E-state index contributed by atoms with van der Waals surface area (Å²) >= 11 is 1.32. The zero-order valence-electron chi connectivity index (χ0n) is 10.4. The molecule has 1 N–H and O–H groups in total. The van der Waals surface area contributed by atoms with Crippen molar-refractivity contribution in [2.75, 3.05) is 11.4 Å². The van der Waals surface area contributed by atoms with Gasteiger partial charge >= 0.3 is 5.97 Å². The molecular formula is C13H13N3O2S. The standard InChI is InChI=1S/C13H13N3O2S/c1-8-14-13(19-15-8)16-6-9-4-2-3-5-10(9)11(7-16)12(17)18/h2-5,11H,6-7H2,1H3,(H,17,18). The van der Waals surface area contributed by atoms with Crippen LogP contribution in [0.5, 0.6) is 0 Å². The van der Waals surface area contributed by atoms with Gasteiger partial charge in [-0.2, -0.15) is 4.37 Å². The number of carboxylic acids is 1. The van der Waals surface area contributed by atoms with E-state index in [1.807, 2.05) is 36.1 Å². The fourth-order valence-electron chi connectivity index (χ4n) is 2.38. The van der Waals surface area contributed by atoms with E-state index in [4.69, 9.17) is 0 Å². The van der Waals surface area contributed by atoms with Crippen LogP contribution in [0.4, 0.5) is 5.13 Å². The van der Waals surface area contributed by atoms with Crippen molar-refractivity contribution in [1.29, 1.82) is 0 Å². The third kappa shape index (κ3) is 2.19. The summed E-state index contributed by atoms with van der Waals surface area (Å²) in [7, 11) is 0. The Hall–Kier alpha value is -1.95. The van der Waals surface area contributed by atoms with Crippen molar-refractivity contribution in [3.8, 4) is 0 Å². The topological polar surface area (TPSA) is 66.3 Å². The molecule has 0 amide bonds. The van der Waals surface area contributed by atoms with Gasteiger partial charge in [-0.05, 0) is 18.1 Å². The second-order valence-corrected chi connectivity index (χ2v) is 5.32. The van der Waals surface area contributed by atoms with E-state index in [-0.39, 0.29) is 0 Å². The molecule has 2 aromatic rings. The third-order valence-electron chi connectivity index (χ3n) is 3.28. The van der Waals surface area contributed by atoms with E-state index in [2.05, 4.69) is 9.36 Å². The second-order valence-electron chi connectivity index (χ2n) is 4.59. The van der Waals surface area contributed by atoms with E-state index >= 15 is 0 Å².